The summed E-state index contributed by atoms with van der Waals surface area (Å²) in [6, 6.07) is -0.473. The lowest BCUT2D eigenvalue weighted by molar-refractivity contribution is -0.121. The minimum absolute atomic E-state index is 0.305. The highest BCUT2D eigenvalue weighted by Crippen LogP contribution is 2.27. The maximum atomic E-state index is 11.6. The number of nitrogens with two attached hydrogens (primary N) is 1. The number of carbonyl (C=O) groups is 1. The van der Waals surface area contributed by atoms with Crippen LogP contribution in [0.25, 0.3) is 0 Å². The van der Waals surface area contributed by atoms with Crippen molar-refractivity contribution in [2.24, 2.45) is 5.73 Å². The Morgan fingerprint density at radius 2 is 2.40 bits per heavy atom. The lowest BCUT2D eigenvalue weighted by atomic mass is 10.1. The molecule has 0 bridgehead atoms. The molecule has 0 spiro atoms. The first-order chi connectivity index (χ1) is 9.69. The molecule has 110 valence electrons. The van der Waals surface area contributed by atoms with Crippen LogP contribution in [0.15, 0.2) is 6.33 Å². The summed E-state index contributed by atoms with van der Waals surface area (Å²) < 4.78 is 5.35. The van der Waals surface area contributed by atoms with Crippen molar-refractivity contribution in [2.75, 3.05) is 37.0 Å². The Morgan fingerprint density at radius 3 is 3.05 bits per heavy atom. The van der Waals surface area contributed by atoms with E-state index in [0.29, 0.717) is 19.8 Å². The van der Waals surface area contributed by atoms with Gasteiger partial charge in [0.2, 0.25) is 5.91 Å². The minimum atomic E-state index is -0.473. The van der Waals surface area contributed by atoms with Crippen molar-refractivity contribution in [2.45, 2.75) is 25.8 Å². The first kappa shape index (κ1) is 14.5. The van der Waals surface area contributed by atoms with Gasteiger partial charge in [0, 0.05) is 19.2 Å². The summed E-state index contributed by atoms with van der Waals surface area (Å²) in [5.74, 6) is 1.18. The molecular weight excluding hydrogens is 258 g/mol. The van der Waals surface area contributed by atoms with Gasteiger partial charge in [-0.2, -0.15) is 0 Å². The molecule has 1 fully saturated rings. The number of nitrogens with one attached hydrogen (secondary N) is 1. The molecule has 7 heteroatoms. The second-order valence-corrected chi connectivity index (χ2v) is 4.71. The van der Waals surface area contributed by atoms with Crippen LogP contribution in [-0.2, 0) is 16.0 Å². The number of ether oxygens (including phenoxy) is 1. The van der Waals surface area contributed by atoms with E-state index in [1.165, 1.54) is 6.33 Å². The third kappa shape index (κ3) is 2.82. The van der Waals surface area contributed by atoms with E-state index in [4.69, 9.17) is 10.5 Å². The summed E-state index contributed by atoms with van der Waals surface area (Å²) in [6.45, 7) is 3.57. The standard InChI is InChI=1S/C13H21N5O2/c1-3-4-9-12(15-2)16-8-17-13(9)18-5-6-20-7-10(18)11(14)19/h8,10H,3-7H2,1-2H3,(H2,14,19)(H,15,16,17). The lowest BCUT2D eigenvalue weighted by Gasteiger charge is -2.35. The molecule has 2 rings (SSSR count). The number of amides is 1. The molecule has 0 radical (unpaired) electrons. The third-order valence-electron chi connectivity index (χ3n) is 3.39. The maximum absolute atomic E-state index is 11.6. The zero-order valence-electron chi connectivity index (χ0n) is 11.9. The van der Waals surface area contributed by atoms with Gasteiger partial charge in [0.1, 0.15) is 24.0 Å². The Morgan fingerprint density at radius 1 is 1.60 bits per heavy atom. The van der Waals surface area contributed by atoms with Crippen LogP contribution in [0.3, 0.4) is 0 Å². The molecule has 3 N–H and O–H groups in total. The van der Waals surface area contributed by atoms with Crippen LogP contribution in [-0.4, -0.2) is 48.7 Å². The number of rotatable bonds is 5. The summed E-state index contributed by atoms with van der Waals surface area (Å²) >= 11 is 0. The molecule has 0 saturated carbocycles. The van der Waals surface area contributed by atoms with Gasteiger partial charge in [-0.3, -0.25) is 4.79 Å². The van der Waals surface area contributed by atoms with Crippen LogP contribution in [0.1, 0.15) is 18.9 Å². The van der Waals surface area contributed by atoms with Crippen molar-refractivity contribution in [3.8, 4) is 0 Å². The van der Waals surface area contributed by atoms with Crippen LogP contribution in [0.5, 0.6) is 0 Å². The number of morpholine rings is 1. The fraction of sp³-hybridized carbons (Fsp3) is 0.615. The molecular formula is C13H21N5O2. The highest BCUT2D eigenvalue weighted by Gasteiger charge is 2.30. The molecule has 1 atom stereocenters. The molecule has 20 heavy (non-hydrogen) atoms. The second-order valence-electron chi connectivity index (χ2n) is 4.71. The zero-order chi connectivity index (χ0) is 14.5. The number of anilines is 2. The molecule has 1 saturated heterocycles. The van der Waals surface area contributed by atoms with Crippen molar-refractivity contribution in [1.29, 1.82) is 0 Å². The molecule has 1 aliphatic heterocycles. The molecule has 1 unspecified atom stereocenters. The summed E-state index contributed by atoms with van der Waals surface area (Å²) in [4.78, 5) is 22.2. The van der Waals surface area contributed by atoms with Gasteiger partial charge in [-0.1, -0.05) is 13.3 Å². The fourth-order valence-corrected chi connectivity index (χ4v) is 2.44. The number of hydrogen-bond donors (Lipinski definition) is 2. The van der Waals surface area contributed by atoms with Gasteiger partial charge in [0.25, 0.3) is 0 Å². The first-order valence-corrected chi connectivity index (χ1v) is 6.84. The number of nitrogens with zero attached hydrogens (tertiary/aromatic N) is 3. The quantitative estimate of drug-likeness (QED) is 0.797. The van der Waals surface area contributed by atoms with Gasteiger partial charge >= 0.3 is 0 Å². The topological polar surface area (TPSA) is 93.4 Å². The Labute approximate surface area is 118 Å². The van der Waals surface area contributed by atoms with Crippen LogP contribution in [0.4, 0.5) is 11.6 Å². The van der Waals surface area contributed by atoms with Gasteiger partial charge in [-0.05, 0) is 6.42 Å². The summed E-state index contributed by atoms with van der Waals surface area (Å²) in [5, 5.41) is 3.08. The number of aromatic nitrogens is 2. The van der Waals surface area contributed by atoms with Gasteiger partial charge in [-0.15, -0.1) is 0 Å². The Kier molecular flexibility index (Phi) is 4.73. The van der Waals surface area contributed by atoms with Crippen molar-refractivity contribution in [3.63, 3.8) is 0 Å². The van der Waals surface area contributed by atoms with Crippen molar-refractivity contribution >= 4 is 17.5 Å². The van der Waals surface area contributed by atoms with Crippen molar-refractivity contribution < 1.29 is 9.53 Å². The van der Waals surface area contributed by atoms with Crippen molar-refractivity contribution in [3.05, 3.63) is 11.9 Å². The van der Waals surface area contributed by atoms with E-state index in [2.05, 4.69) is 22.2 Å². The summed E-state index contributed by atoms with van der Waals surface area (Å²) in [7, 11) is 1.83. The van der Waals surface area contributed by atoms with Crippen LogP contribution < -0.4 is 16.0 Å². The Hall–Kier alpha value is -1.89. The normalized spacial score (nSPS) is 18.9. The molecule has 1 aromatic heterocycles. The number of carbonyl (C=O) groups excluding carboxylic acids is 1. The largest absolute Gasteiger partial charge is 0.377 e. The fourth-order valence-electron chi connectivity index (χ4n) is 2.44. The van der Waals surface area contributed by atoms with Gasteiger partial charge < -0.3 is 20.7 Å². The van der Waals surface area contributed by atoms with Gasteiger partial charge in [-0.25, -0.2) is 9.97 Å². The third-order valence-corrected chi connectivity index (χ3v) is 3.39. The van der Waals surface area contributed by atoms with Crippen LogP contribution in [0, 0.1) is 0 Å². The average Bonchev–Trinajstić information content (AvgIpc) is 2.47. The predicted molar refractivity (Wildman–Crippen MR) is 76.7 cm³/mol. The summed E-state index contributed by atoms with van der Waals surface area (Å²) in [5.41, 5.74) is 6.49. The Balaban J connectivity index is 2.41. The average molecular weight is 279 g/mol. The monoisotopic (exact) mass is 279 g/mol. The van der Waals surface area contributed by atoms with E-state index in [9.17, 15) is 4.79 Å². The maximum Gasteiger partial charge on any atom is 0.242 e. The molecule has 1 aromatic rings. The smallest absolute Gasteiger partial charge is 0.242 e. The van der Waals surface area contributed by atoms with E-state index >= 15 is 0 Å². The highest BCUT2D eigenvalue weighted by molar-refractivity contribution is 5.84. The SMILES string of the molecule is CCCc1c(NC)ncnc1N1CCOCC1C(N)=O. The minimum Gasteiger partial charge on any atom is -0.377 e. The zero-order valence-corrected chi connectivity index (χ0v) is 11.9. The van der Waals surface area contributed by atoms with Gasteiger partial charge in [0.05, 0.1) is 13.2 Å². The van der Waals surface area contributed by atoms with Crippen LogP contribution >= 0.6 is 0 Å². The van der Waals surface area contributed by atoms with E-state index in [-0.39, 0.29) is 0 Å². The molecule has 2 heterocycles. The van der Waals surface area contributed by atoms with E-state index in [1.54, 1.807) is 0 Å². The molecule has 1 amide bonds. The number of primary amides is 1. The molecule has 7 nitrogen and oxygen atoms in total. The number of hydrogen-bond acceptors (Lipinski definition) is 6. The predicted octanol–water partition coefficient (Wildman–Crippen LogP) is 0.161. The van der Waals surface area contributed by atoms with Gasteiger partial charge in [0.15, 0.2) is 0 Å². The highest BCUT2D eigenvalue weighted by atomic mass is 16.5. The molecule has 0 aromatic carbocycles. The lowest BCUT2D eigenvalue weighted by Crippen LogP contribution is -2.53. The Bertz CT molecular complexity index is 480. The van der Waals surface area contributed by atoms with Crippen LogP contribution in [0.2, 0.25) is 0 Å². The second kappa shape index (κ2) is 6.51. The molecule has 0 aliphatic carbocycles. The summed E-state index contributed by atoms with van der Waals surface area (Å²) in [6.07, 6.45) is 3.32. The van der Waals surface area contributed by atoms with Crippen molar-refractivity contribution in [1.82, 2.24) is 9.97 Å². The first-order valence-electron chi connectivity index (χ1n) is 6.84. The van der Waals surface area contributed by atoms with E-state index in [0.717, 1.165) is 30.0 Å². The van der Waals surface area contributed by atoms with E-state index < -0.39 is 11.9 Å². The van der Waals surface area contributed by atoms with E-state index in [1.807, 2.05) is 11.9 Å². The molecule has 1 aliphatic rings.